The van der Waals surface area contributed by atoms with Gasteiger partial charge in [-0.15, -0.1) is 6.58 Å². The maximum atomic E-state index is 8.92. The van der Waals surface area contributed by atoms with Crippen molar-refractivity contribution < 1.29 is 5.11 Å². The fraction of sp³-hybridized carbons (Fsp3) is 0.800. The topological polar surface area (TPSA) is 20.2 Å². The third-order valence-electron chi connectivity index (χ3n) is 2.68. The summed E-state index contributed by atoms with van der Waals surface area (Å²) in [6, 6.07) is 0. The Hall–Kier alpha value is -0.300. The molecular weight excluding hydrogens is 136 g/mol. The second-order valence-corrected chi connectivity index (χ2v) is 3.56. The second-order valence-electron chi connectivity index (χ2n) is 3.56. The van der Waals surface area contributed by atoms with Crippen molar-refractivity contribution in [3.63, 3.8) is 0 Å². The maximum absolute atomic E-state index is 8.92. The molecule has 64 valence electrons. The van der Waals surface area contributed by atoms with Crippen LogP contribution in [0.5, 0.6) is 0 Å². The van der Waals surface area contributed by atoms with Crippen molar-refractivity contribution in [1.29, 1.82) is 0 Å². The predicted octanol–water partition coefficient (Wildman–Crippen LogP) is 2.36. The molecule has 0 aromatic rings. The standard InChI is InChI=1S/C10H18O/c1-2-9(8-11)7-10-5-3-4-6-10/h2,9-11H,1,3-8H2. The van der Waals surface area contributed by atoms with Crippen LogP contribution in [0.4, 0.5) is 0 Å². The fourth-order valence-corrected chi connectivity index (χ4v) is 1.92. The van der Waals surface area contributed by atoms with Crippen molar-refractivity contribution in [3.8, 4) is 0 Å². The normalized spacial score (nSPS) is 21.9. The van der Waals surface area contributed by atoms with Crippen molar-refractivity contribution >= 4 is 0 Å². The Labute approximate surface area is 69.1 Å². The summed E-state index contributed by atoms with van der Waals surface area (Å²) >= 11 is 0. The lowest BCUT2D eigenvalue weighted by molar-refractivity contribution is 0.230. The van der Waals surface area contributed by atoms with E-state index in [0.717, 1.165) is 12.3 Å². The van der Waals surface area contributed by atoms with E-state index in [1.54, 1.807) is 0 Å². The van der Waals surface area contributed by atoms with Crippen LogP contribution in [0.3, 0.4) is 0 Å². The lowest BCUT2D eigenvalue weighted by Gasteiger charge is -2.13. The highest BCUT2D eigenvalue weighted by molar-refractivity contribution is 4.82. The molecule has 1 atom stereocenters. The van der Waals surface area contributed by atoms with E-state index in [4.69, 9.17) is 5.11 Å². The molecule has 1 aliphatic carbocycles. The Kier molecular flexibility index (Phi) is 3.64. The van der Waals surface area contributed by atoms with Crippen LogP contribution in [-0.2, 0) is 0 Å². The van der Waals surface area contributed by atoms with E-state index in [1.807, 2.05) is 6.08 Å². The highest BCUT2D eigenvalue weighted by Crippen LogP contribution is 2.30. The van der Waals surface area contributed by atoms with E-state index >= 15 is 0 Å². The predicted molar refractivity (Wildman–Crippen MR) is 47.3 cm³/mol. The lowest BCUT2D eigenvalue weighted by atomic mass is 9.94. The monoisotopic (exact) mass is 154 g/mol. The molecule has 1 heteroatoms. The zero-order valence-electron chi connectivity index (χ0n) is 7.13. The van der Waals surface area contributed by atoms with Crippen LogP contribution in [-0.4, -0.2) is 11.7 Å². The van der Waals surface area contributed by atoms with Gasteiger partial charge in [0.15, 0.2) is 0 Å². The Bertz CT molecular complexity index is 114. The Morgan fingerprint density at radius 2 is 2.09 bits per heavy atom. The summed E-state index contributed by atoms with van der Waals surface area (Å²) < 4.78 is 0. The fourth-order valence-electron chi connectivity index (χ4n) is 1.92. The molecule has 1 nitrogen and oxygen atoms in total. The molecule has 0 amide bonds. The Morgan fingerprint density at radius 3 is 2.55 bits per heavy atom. The molecule has 0 heterocycles. The van der Waals surface area contributed by atoms with Crippen LogP contribution in [0.25, 0.3) is 0 Å². The van der Waals surface area contributed by atoms with Crippen molar-refractivity contribution in [2.75, 3.05) is 6.61 Å². The number of aliphatic hydroxyl groups is 1. The zero-order valence-corrected chi connectivity index (χ0v) is 7.13. The van der Waals surface area contributed by atoms with Gasteiger partial charge in [0.25, 0.3) is 0 Å². The maximum Gasteiger partial charge on any atom is 0.0493 e. The van der Waals surface area contributed by atoms with Crippen LogP contribution in [0.2, 0.25) is 0 Å². The number of aliphatic hydroxyl groups excluding tert-OH is 1. The van der Waals surface area contributed by atoms with Crippen molar-refractivity contribution in [2.24, 2.45) is 11.8 Å². The molecule has 11 heavy (non-hydrogen) atoms. The first-order valence-corrected chi connectivity index (χ1v) is 4.60. The van der Waals surface area contributed by atoms with Gasteiger partial charge in [-0.25, -0.2) is 0 Å². The van der Waals surface area contributed by atoms with Gasteiger partial charge in [0.1, 0.15) is 0 Å². The van der Waals surface area contributed by atoms with E-state index in [0.29, 0.717) is 5.92 Å². The van der Waals surface area contributed by atoms with Gasteiger partial charge in [0.05, 0.1) is 0 Å². The zero-order chi connectivity index (χ0) is 8.10. The summed E-state index contributed by atoms with van der Waals surface area (Å²) in [5.41, 5.74) is 0. The summed E-state index contributed by atoms with van der Waals surface area (Å²) in [4.78, 5) is 0. The number of rotatable bonds is 4. The average Bonchev–Trinajstić information content (AvgIpc) is 2.52. The smallest absolute Gasteiger partial charge is 0.0493 e. The first-order valence-electron chi connectivity index (χ1n) is 4.60. The molecule has 1 saturated carbocycles. The first-order chi connectivity index (χ1) is 5.36. The first kappa shape index (κ1) is 8.79. The molecule has 0 aliphatic heterocycles. The van der Waals surface area contributed by atoms with Gasteiger partial charge in [0, 0.05) is 6.61 Å². The quantitative estimate of drug-likeness (QED) is 0.616. The van der Waals surface area contributed by atoms with E-state index in [-0.39, 0.29) is 6.61 Å². The summed E-state index contributed by atoms with van der Waals surface area (Å²) in [7, 11) is 0. The number of hydrogen-bond donors (Lipinski definition) is 1. The van der Waals surface area contributed by atoms with E-state index in [2.05, 4.69) is 6.58 Å². The van der Waals surface area contributed by atoms with Gasteiger partial charge in [-0.1, -0.05) is 31.8 Å². The molecule has 0 bridgehead atoms. The molecule has 1 N–H and O–H groups in total. The SMILES string of the molecule is C=CC(CO)CC1CCCC1. The second kappa shape index (κ2) is 4.55. The van der Waals surface area contributed by atoms with Gasteiger partial charge in [-0.2, -0.15) is 0 Å². The van der Waals surface area contributed by atoms with E-state index in [1.165, 1.54) is 25.7 Å². The highest BCUT2D eigenvalue weighted by Gasteiger charge is 2.17. The van der Waals surface area contributed by atoms with Crippen LogP contribution < -0.4 is 0 Å². The summed E-state index contributed by atoms with van der Waals surface area (Å²) in [5.74, 6) is 1.21. The summed E-state index contributed by atoms with van der Waals surface area (Å²) in [6.07, 6.45) is 8.55. The molecule has 0 aromatic carbocycles. The third kappa shape index (κ3) is 2.66. The summed E-state index contributed by atoms with van der Waals surface area (Å²) in [5, 5.41) is 8.92. The minimum Gasteiger partial charge on any atom is -0.396 e. The molecule has 1 fully saturated rings. The third-order valence-corrected chi connectivity index (χ3v) is 2.68. The molecular formula is C10H18O. The molecule has 0 spiro atoms. The molecule has 1 unspecified atom stereocenters. The highest BCUT2D eigenvalue weighted by atomic mass is 16.3. The molecule has 0 saturated heterocycles. The molecule has 1 aliphatic rings. The lowest BCUT2D eigenvalue weighted by Crippen LogP contribution is -2.07. The van der Waals surface area contributed by atoms with Gasteiger partial charge in [-0.3, -0.25) is 0 Å². The Morgan fingerprint density at radius 1 is 1.45 bits per heavy atom. The van der Waals surface area contributed by atoms with Crippen molar-refractivity contribution in [2.45, 2.75) is 32.1 Å². The minimum absolute atomic E-state index is 0.278. The van der Waals surface area contributed by atoms with Gasteiger partial charge >= 0.3 is 0 Å². The molecule has 0 radical (unpaired) electrons. The average molecular weight is 154 g/mol. The molecule has 1 rings (SSSR count). The van der Waals surface area contributed by atoms with Gasteiger partial charge in [0.2, 0.25) is 0 Å². The van der Waals surface area contributed by atoms with Crippen LogP contribution in [0, 0.1) is 11.8 Å². The van der Waals surface area contributed by atoms with Crippen molar-refractivity contribution in [3.05, 3.63) is 12.7 Å². The minimum atomic E-state index is 0.278. The van der Waals surface area contributed by atoms with Gasteiger partial charge < -0.3 is 5.11 Å². The summed E-state index contributed by atoms with van der Waals surface area (Å²) in [6.45, 7) is 3.99. The Balaban J connectivity index is 2.21. The largest absolute Gasteiger partial charge is 0.396 e. The van der Waals surface area contributed by atoms with Crippen LogP contribution in [0.15, 0.2) is 12.7 Å². The molecule has 0 aromatic heterocycles. The van der Waals surface area contributed by atoms with E-state index in [9.17, 15) is 0 Å². The van der Waals surface area contributed by atoms with Crippen LogP contribution in [0.1, 0.15) is 32.1 Å². The van der Waals surface area contributed by atoms with E-state index < -0.39 is 0 Å². The number of hydrogen-bond acceptors (Lipinski definition) is 1. The van der Waals surface area contributed by atoms with Gasteiger partial charge in [-0.05, 0) is 18.3 Å². The van der Waals surface area contributed by atoms with Crippen LogP contribution >= 0.6 is 0 Å². The van der Waals surface area contributed by atoms with Crippen molar-refractivity contribution in [1.82, 2.24) is 0 Å².